The van der Waals surface area contributed by atoms with E-state index in [1.807, 2.05) is 43.3 Å². The van der Waals surface area contributed by atoms with Gasteiger partial charge in [-0.25, -0.2) is 9.88 Å². The molecule has 1 saturated heterocycles. The van der Waals surface area contributed by atoms with Crippen LogP contribution < -0.4 is 9.64 Å². The van der Waals surface area contributed by atoms with Gasteiger partial charge in [-0.15, -0.1) is 0 Å². The molecule has 1 atom stereocenters. The number of hydrogen-bond donors (Lipinski definition) is 0. The summed E-state index contributed by atoms with van der Waals surface area (Å²) in [6, 6.07) is 19.4. The summed E-state index contributed by atoms with van der Waals surface area (Å²) in [6.07, 6.45) is 4.60. The van der Waals surface area contributed by atoms with Gasteiger partial charge in [0.25, 0.3) is 5.91 Å². The Morgan fingerprint density at radius 3 is 2.41 bits per heavy atom. The number of anilines is 1. The third-order valence-corrected chi connectivity index (χ3v) is 8.68. The number of thioether (sulfide) groups is 1. The summed E-state index contributed by atoms with van der Waals surface area (Å²) in [4.78, 5) is 48.2. The second-order valence-corrected chi connectivity index (χ2v) is 11.4. The molecule has 0 N–H and O–H groups in total. The Morgan fingerprint density at radius 2 is 1.76 bits per heavy atom. The average Bonchev–Trinajstić information content (AvgIpc) is 3.29. The fraction of sp³-hybridized carbons (Fsp3) is 0.344. The molecule has 2 aliphatic rings. The molecule has 3 amide bonds. The number of amides is 3. The number of nitriles is 1. The first-order valence-electron chi connectivity index (χ1n) is 13.8. The number of pyridine rings is 1. The highest BCUT2D eigenvalue weighted by Gasteiger charge is 2.46. The van der Waals surface area contributed by atoms with Crippen molar-refractivity contribution in [2.45, 2.75) is 62.6 Å². The van der Waals surface area contributed by atoms with E-state index in [0.717, 1.165) is 49.0 Å². The molecular weight excluding hydrogens is 536 g/mol. The van der Waals surface area contributed by atoms with Gasteiger partial charge in [0.2, 0.25) is 11.8 Å². The molecule has 0 bridgehead atoms. The lowest BCUT2D eigenvalue weighted by atomic mass is 9.92. The summed E-state index contributed by atoms with van der Waals surface area (Å²) in [5.74, 6) is -0.149. The van der Waals surface area contributed by atoms with Crippen LogP contribution in [0.25, 0.3) is 11.3 Å². The van der Waals surface area contributed by atoms with Crippen LogP contribution in [0.1, 0.15) is 49.7 Å². The first-order valence-corrected chi connectivity index (χ1v) is 14.8. The molecule has 210 valence electrons. The van der Waals surface area contributed by atoms with Crippen molar-refractivity contribution in [2.75, 3.05) is 17.8 Å². The summed E-state index contributed by atoms with van der Waals surface area (Å²) in [7, 11) is 1.60. The van der Waals surface area contributed by atoms with Crippen LogP contribution in [0.15, 0.2) is 65.7 Å². The van der Waals surface area contributed by atoms with Crippen LogP contribution in [0.2, 0.25) is 0 Å². The average molecular weight is 569 g/mol. The predicted molar refractivity (Wildman–Crippen MR) is 157 cm³/mol. The largest absolute Gasteiger partial charge is 0.497 e. The minimum atomic E-state index is -0.839. The molecule has 2 heterocycles. The number of rotatable bonds is 8. The Morgan fingerprint density at radius 1 is 1.05 bits per heavy atom. The van der Waals surface area contributed by atoms with Gasteiger partial charge < -0.3 is 9.64 Å². The maximum absolute atomic E-state index is 13.9. The molecule has 2 aromatic carbocycles. The Balaban J connectivity index is 1.38. The highest BCUT2D eigenvalue weighted by atomic mass is 32.2. The number of hydrogen-bond acceptors (Lipinski definition) is 7. The fourth-order valence-corrected chi connectivity index (χ4v) is 6.39. The lowest BCUT2D eigenvalue weighted by Crippen LogP contribution is -2.52. The van der Waals surface area contributed by atoms with Gasteiger partial charge >= 0.3 is 0 Å². The maximum Gasteiger partial charge on any atom is 0.257 e. The Bertz CT molecular complexity index is 1480. The van der Waals surface area contributed by atoms with Crippen LogP contribution in [-0.4, -0.2) is 52.6 Å². The molecule has 8 nitrogen and oxygen atoms in total. The van der Waals surface area contributed by atoms with Gasteiger partial charge in [-0.1, -0.05) is 48.7 Å². The SMILES string of the molecule is COc1ccc(-c2ccc(C#N)c(SCC(=O)N(C3CCCCC3)C3CC(=O)N(c4ccc(C)cc4)C3=O)n2)cc1. The Labute approximate surface area is 244 Å². The third kappa shape index (κ3) is 6.13. The quantitative estimate of drug-likeness (QED) is 0.260. The number of imide groups is 1. The molecule has 2 fully saturated rings. The molecular formula is C32H32N4O4S. The molecule has 9 heteroatoms. The van der Waals surface area contributed by atoms with Gasteiger partial charge in [0.1, 0.15) is 22.9 Å². The van der Waals surface area contributed by atoms with E-state index >= 15 is 0 Å². The summed E-state index contributed by atoms with van der Waals surface area (Å²) >= 11 is 1.19. The lowest BCUT2D eigenvalue weighted by molar-refractivity contribution is -0.139. The van der Waals surface area contributed by atoms with E-state index in [2.05, 4.69) is 6.07 Å². The standard InChI is InChI=1S/C32H32N4O4S/c1-21-8-13-25(14-9-21)36-29(37)18-28(32(36)39)35(24-6-4-3-5-7-24)30(38)20-41-31-23(19-33)12-17-27(34-31)22-10-15-26(40-2)16-11-22/h8-17,24,28H,3-7,18,20H2,1-2H3. The highest BCUT2D eigenvalue weighted by Crippen LogP contribution is 2.33. The van der Waals surface area contributed by atoms with E-state index in [-0.39, 0.29) is 35.9 Å². The van der Waals surface area contributed by atoms with Crippen LogP contribution in [0.5, 0.6) is 5.75 Å². The molecule has 1 aliphatic carbocycles. The number of aryl methyl sites for hydroxylation is 1. The molecule has 5 rings (SSSR count). The summed E-state index contributed by atoms with van der Waals surface area (Å²) < 4.78 is 5.24. The van der Waals surface area contributed by atoms with Gasteiger partial charge in [0.05, 0.1) is 36.2 Å². The molecule has 3 aromatic rings. The van der Waals surface area contributed by atoms with Gasteiger partial charge in [0, 0.05) is 11.6 Å². The predicted octanol–water partition coefficient (Wildman–Crippen LogP) is 5.52. The zero-order valence-electron chi connectivity index (χ0n) is 23.2. The lowest BCUT2D eigenvalue weighted by Gasteiger charge is -2.37. The highest BCUT2D eigenvalue weighted by molar-refractivity contribution is 8.00. The van der Waals surface area contributed by atoms with Crippen LogP contribution in [-0.2, 0) is 14.4 Å². The van der Waals surface area contributed by atoms with Gasteiger partial charge in [-0.05, 0) is 68.3 Å². The molecule has 1 aromatic heterocycles. The van der Waals surface area contributed by atoms with E-state index in [4.69, 9.17) is 9.72 Å². The monoisotopic (exact) mass is 568 g/mol. The molecule has 41 heavy (non-hydrogen) atoms. The van der Waals surface area contributed by atoms with Crippen LogP contribution in [0, 0.1) is 18.3 Å². The Kier molecular flexibility index (Phi) is 8.70. The van der Waals surface area contributed by atoms with Crippen LogP contribution >= 0.6 is 11.8 Å². The number of aromatic nitrogens is 1. The topological polar surface area (TPSA) is 104 Å². The van der Waals surface area contributed by atoms with Gasteiger partial charge in [-0.3, -0.25) is 14.4 Å². The molecule has 1 unspecified atom stereocenters. The number of carbonyl (C=O) groups is 3. The molecule has 1 aliphatic heterocycles. The number of methoxy groups -OCH3 is 1. The van der Waals surface area contributed by atoms with E-state index < -0.39 is 6.04 Å². The number of nitrogens with zero attached hydrogens (tertiary/aromatic N) is 4. The van der Waals surface area contributed by atoms with Crippen molar-refractivity contribution in [3.63, 3.8) is 0 Å². The van der Waals surface area contributed by atoms with Crippen molar-refractivity contribution in [1.29, 1.82) is 5.26 Å². The number of ether oxygens (including phenoxy) is 1. The van der Waals surface area contributed by atoms with E-state index in [1.165, 1.54) is 16.7 Å². The number of carbonyl (C=O) groups excluding carboxylic acids is 3. The fourth-order valence-electron chi connectivity index (χ4n) is 5.55. The summed E-state index contributed by atoms with van der Waals surface area (Å²) in [5.41, 5.74) is 3.47. The van der Waals surface area contributed by atoms with Gasteiger partial charge in [-0.2, -0.15) is 5.26 Å². The minimum absolute atomic E-state index is 0.00669. The van der Waals surface area contributed by atoms with Crippen molar-refractivity contribution in [1.82, 2.24) is 9.88 Å². The summed E-state index contributed by atoms with van der Waals surface area (Å²) in [6.45, 7) is 1.95. The maximum atomic E-state index is 13.9. The van der Waals surface area contributed by atoms with Crippen molar-refractivity contribution in [3.05, 3.63) is 71.8 Å². The van der Waals surface area contributed by atoms with Crippen molar-refractivity contribution in [2.24, 2.45) is 0 Å². The van der Waals surface area contributed by atoms with Crippen molar-refractivity contribution >= 4 is 35.2 Å². The molecule has 0 spiro atoms. The Hall–Kier alpha value is -4.16. The van der Waals surface area contributed by atoms with E-state index in [1.54, 1.807) is 36.3 Å². The smallest absolute Gasteiger partial charge is 0.257 e. The minimum Gasteiger partial charge on any atom is -0.497 e. The third-order valence-electron chi connectivity index (χ3n) is 7.71. The zero-order valence-corrected chi connectivity index (χ0v) is 24.0. The molecule has 0 radical (unpaired) electrons. The molecule has 1 saturated carbocycles. The van der Waals surface area contributed by atoms with Crippen LogP contribution in [0.3, 0.4) is 0 Å². The van der Waals surface area contributed by atoms with E-state index in [9.17, 15) is 19.6 Å². The summed E-state index contributed by atoms with van der Waals surface area (Å²) in [5, 5.41) is 10.2. The first kappa shape index (κ1) is 28.4. The van der Waals surface area contributed by atoms with Gasteiger partial charge in [0.15, 0.2) is 0 Å². The van der Waals surface area contributed by atoms with Crippen molar-refractivity contribution in [3.8, 4) is 23.1 Å². The van der Waals surface area contributed by atoms with Crippen LogP contribution in [0.4, 0.5) is 5.69 Å². The second-order valence-electron chi connectivity index (χ2n) is 10.4. The second kappa shape index (κ2) is 12.6. The first-order chi connectivity index (χ1) is 19.9. The number of benzene rings is 2. The van der Waals surface area contributed by atoms with Crippen molar-refractivity contribution < 1.29 is 19.1 Å². The zero-order chi connectivity index (χ0) is 28.9. The van der Waals surface area contributed by atoms with E-state index in [0.29, 0.717) is 22.0 Å². The normalized spacial score (nSPS) is 17.4.